The summed E-state index contributed by atoms with van der Waals surface area (Å²) < 4.78 is 23.6. The monoisotopic (exact) mass is 840 g/mol. The van der Waals surface area contributed by atoms with Gasteiger partial charge in [0.15, 0.2) is 0 Å². The number of phosphoric ester groups is 1. The molecule has 0 aromatic carbocycles. The molecule has 9 heteroatoms. The lowest BCUT2D eigenvalue weighted by atomic mass is 10.0. The van der Waals surface area contributed by atoms with Crippen LogP contribution in [0.4, 0.5) is 0 Å². The van der Waals surface area contributed by atoms with Gasteiger partial charge in [-0.3, -0.25) is 13.8 Å². The molecule has 0 saturated heterocycles. The summed E-state index contributed by atoms with van der Waals surface area (Å²) in [7, 11) is 1.55. The molecule has 0 aromatic rings. The van der Waals surface area contributed by atoms with Gasteiger partial charge in [-0.1, -0.05) is 192 Å². The van der Waals surface area contributed by atoms with Crippen molar-refractivity contribution in [1.29, 1.82) is 0 Å². The molecule has 1 amide bonds. The number of hydrogen-bond donors (Lipinski definition) is 3. The Morgan fingerprint density at radius 1 is 0.569 bits per heavy atom. The molecule has 8 nitrogen and oxygen atoms in total. The smallest absolute Gasteiger partial charge is 0.387 e. The number of amides is 1. The highest BCUT2D eigenvalue weighted by Crippen LogP contribution is 2.43. The number of quaternary nitrogens is 1. The Balaban J connectivity index is 4.36. The van der Waals surface area contributed by atoms with Crippen LogP contribution in [0, 0.1) is 0 Å². The maximum atomic E-state index is 12.9. The number of nitrogens with one attached hydrogen (secondary N) is 1. The first kappa shape index (κ1) is 56.7. The van der Waals surface area contributed by atoms with E-state index in [-0.39, 0.29) is 19.1 Å². The van der Waals surface area contributed by atoms with Gasteiger partial charge < -0.3 is 19.8 Å². The van der Waals surface area contributed by atoms with E-state index in [9.17, 15) is 19.4 Å². The Morgan fingerprint density at radius 3 is 1.38 bits per heavy atom. The zero-order chi connectivity index (χ0) is 42.8. The minimum atomic E-state index is -4.35. The molecule has 0 fully saturated rings. The van der Waals surface area contributed by atoms with Crippen LogP contribution in [0.5, 0.6) is 0 Å². The topological polar surface area (TPSA) is 105 Å². The van der Waals surface area contributed by atoms with E-state index >= 15 is 0 Å². The number of carbonyl (C=O) groups is 1. The van der Waals surface area contributed by atoms with Crippen molar-refractivity contribution in [1.82, 2.24) is 5.32 Å². The summed E-state index contributed by atoms with van der Waals surface area (Å²) in [5.74, 6) is -0.203. The highest BCUT2D eigenvalue weighted by Gasteiger charge is 2.27. The lowest BCUT2D eigenvalue weighted by Crippen LogP contribution is -2.45. The van der Waals surface area contributed by atoms with Gasteiger partial charge in [0.2, 0.25) is 5.91 Å². The summed E-state index contributed by atoms with van der Waals surface area (Å²) in [6.45, 7) is 4.78. The lowest BCUT2D eigenvalue weighted by molar-refractivity contribution is -0.870. The first-order chi connectivity index (χ1) is 28.0. The zero-order valence-electron chi connectivity index (χ0n) is 38.8. The van der Waals surface area contributed by atoms with Gasteiger partial charge in [0.1, 0.15) is 13.2 Å². The fourth-order valence-corrected chi connectivity index (χ4v) is 7.67. The average molecular weight is 840 g/mol. The van der Waals surface area contributed by atoms with Crippen LogP contribution in [-0.2, 0) is 18.4 Å². The molecule has 0 aliphatic rings. The molecule has 3 atom stereocenters. The minimum Gasteiger partial charge on any atom is -0.387 e. The van der Waals surface area contributed by atoms with Crippen LogP contribution in [0.2, 0.25) is 0 Å². The van der Waals surface area contributed by atoms with Crippen LogP contribution >= 0.6 is 7.82 Å². The van der Waals surface area contributed by atoms with Crippen molar-refractivity contribution in [2.75, 3.05) is 40.9 Å². The van der Waals surface area contributed by atoms with Crippen LogP contribution in [0.25, 0.3) is 0 Å². The minimum absolute atomic E-state index is 0.0536. The fourth-order valence-electron chi connectivity index (χ4n) is 6.93. The normalized spacial score (nSPS) is 14.5. The lowest BCUT2D eigenvalue weighted by Gasteiger charge is -2.25. The first-order valence-corrected chi connectivity index (χ1v) is 25.9. The number of aliphatic hydroxyl groups excluding tert-OH is 1. The summed E-state index contributed by atoms with van der Waals surface area (Å²) in [6, 6.07) is -0.869. The maximum absolute atomic E-state index is 12.9. The van der Waals surface area contributed by atoms with E-state index < -0.39 is 20.0 Å². The van der Waals surface area contributed by atoms with Crippen LogP contribution in [-0.4, -0.2) is 73.4 Å². The second-order valence-electron chi connectivity index (χ2n) is 17.8. The Labute approximate surface area is 359 Å². The molecule has 0 rings (SSSR count). The zero-order valence-corrected chi connectivity index (χ0v) is 39.7. The number of likely N-dealkylation sites (N-methyl/N-ethyl adjacent to an activating group) is 1. The average Bonchev–Trinajstić information content (AvgIpc) is 3.17. The SMILES string of the molecule is CCCCCCCC/C=C\CCCCCC(=O)NC(COP(=O)(O)OCC[N+](C)(C)C)C(O)/C=C/CC/C=C/CCCCCCCCCCCCCCCCCCC. The molecule has 0 aliphatic heterocycles. The maximum Gasteiger partial charge on any atom is 0.472 e. The van der Waals surface area contributed by atoms with Crippen molar-refractivity contribution in [3.63, 3.8) is 0 Å². The van der Waals surface area contributed by atoms with E-state index in [2.05, 4.69) is 43.5 Å². The summed E-state index contributed by atoms with van der Waals surface area (Å²) >= 11 is 0. The third-order valence-electron chi connectivity index (χ3n) is 10.8. The molecule has 0 aliphatic carbocycles. The van der Waals surface area contributed by atoms with Crippen LogP contribution in [0.1, 0.15) is 219 Å². The third kappa shape index (κ3) is 42.8. The number of aliphatic hydroxyl groups is 1. The van der Waals surface area contributed by atoms with E-state index in [0.717, 1.165) is 51.4 Å². The number of carbonyl (C=O) groups excluding carboxylic acids is 1. The van der Waals surface area contributed by atoms with Crippen molar-refractivity contribution >= 4 is 13.7 Å². The van der Waals surface area contributed by atoms with Gasteiger partial charge in [0.25, 0.3) is 0 Å². The number of hydrogen-bond acceptors (Lipinski definition) is 5. The van der Waals surface area contributed by atoms with E-state index in [4.69, 9.17) is 9.05 Å². The van der Waals surface area contributed by atoms with Gasteiger partial charge in [-0.2, -0.15) is 0 Å². The van der Waals surface area contributed by atoms with Crippen LogP contribution in [0.15, 0.2) is 36.5 Å². The van der Waals surface area contributed by atoms with Crippen molar-refractivity contribution in [2.45, 2.75) is 231 Å². The molecular weight excluding hydrogens is 744 g/mol. The highest BCUT2D eigenvalue weighted by atomic mass is 31.2. The van der Waals surface area contributed by atoms with Gasteiger partial charge in [-0.25, -0.2) is 4.57 Å². The predicted octanol–water partition coefficient (Wildman–Crippen LogP) is 13.9. The summed E-state index contributed by atoms with van der Waals surface area (Å²) in [5.41, 5.74) is 0. The molecule has 0 radical (unpaired) electrons. The number of nitrogens with zero attached hydrogens (tertiary/aromatic N) is 1. The number of rotatable bonds is 44. The summed E-state index contributed by atoms with van der Waals surface area (Å²) in [4.78, 5) is 23.1. The Hall–Kier alpha value is -1.28. The summed E-state index contributed by atoms with van der Waals surface area (Å²) in [5, 5.41) is 13.8. The largest absolute Gasteiger partial charge is 0.472 e. The molecule has 342 valence electrons. The first-order valence-electron chi connectivity index (χ1n) is 24.4. The second-order valence-corrected chi connectivity index (χ2v) is 19.3. The Bertz CT molecular complexity index is 1040. The molecule has 0 heterocycles. The van der Waals surface area contributed by atoms with Crippen molar-refractivity contribution in [2.24, 2.45) is 0 Å². The predicted molar refractivity (Wildman–Crippen MR) is 249 cm³/mol. The molecule has 3 N–H and O–H groups in total. The molecular formula is C49H96N2O6P+. The van der Waals surface area contributed by atoms with Crippen LogP contribution in [0.3, 0.4) is 0 Å². The van der Waals surface area contributed by atoms with Gasteiger partial charge in [-0.05, 0) is 57.8 Å². The van der Waals surface area contributed by atoms with E-state index in [1.807, 2.05) is 27.2 Å². The highest BCUT2D eigenvalue weighted by molar-refractivity contribution is 7.47. The molecule has 3 unspecified atom stereocenters. The van der Waals surface area contributed by atoms with Crippen molar-refractivity contribution in [3.8, 4) is 0 Å². The van der Waals surface area contributed by atoms with Crippen molar-refractivity contribution in [3.05, 3.63) is 36.5 Å². The van der Waals surface area contributed by atoms with Gasteiger partial charge in [0, 0.05) is 6.42 Å². The molecule has 0 spiro atoms. The third-order valence-corrected chi connectivity index (χ3v) is 11.8. The van der Waals surface area contributed by atoms with Gasteiger partial charge in [-0.15, -0.1) is 0 Å². The Morgan fingerprint density at radius 2 is 0.948 bits per heavy atom. The standard InChI is InChI=1S/C49H95N2O6P/c1-6-8-10-12-14-16-18-20-21-22-23-24-25-26-27-28-29-31-32-34-36-38-40-42-48(52)47(46-57-58(54,55)56-45-44-51(3,4)5)50-49(53)43-41-39-37-35-33-30-19-17-15-13-11-9-7-2/h30,32-34,40,42,47-48,52H,6-29,31,35-39,41,43-46H2,1-5H3,(H-,50,53,54,55)/p+1/b33-30-,34-32+,42-40+. The van der Waals surface area contributed by atoms with Gasteiger partial charge in [0.05, 0.1) is 39.9 Å². The molecule has 0 bridgehead atoms. The summed E-state index contributed by atoms with van der Waals surface area (Å²) in [6.07, 6.45) is 50.9. The van der Waals surface area contributed by atoms with Crippen molar-refractivity contribution < 1.29 is 32.9 Å². The number of phosphoric acid groups is 1. The van der Waals surface area contributed by atoms with Gasteiger partial charge >= 0.3 is 7.82 Å². The van der Waals surface area contributed by atoms with E-state index in [1.165, 1.54) is 148 Å². The van der Waals surface area contributed by atoms with Crippen LogP contribution < -0.4 is 5.32 Å². The fraction of sp³-hybridized carbons (Fsp3) is 0.857. The molecule has 0 saturated carbocycles. The Kier molecular flexibility index (Phi) is 40.2. The molecule has 0 aromatic heterocycles. The number of unbranched alkanes of at least 4 members (excludes halogenated alkanes) is 27. The molecule has 58 heavy (non-hydrogen) atoms. The number of allylic oxidation sites excluding steroid dienone is 5. The van der Waals surface area contributed by atoms with E-state index in [0.29, 0.717) is 17.4 Å². The second kappa shape index (κ2) is 41.1. The van der Waals surface area contributed by atoms with E-state index in [1.54, 1.807) is 6.08 Å². The quantitative estimate of drug-likeness (QED) is 0.0244.